The van der Waals surface area contributed by atoms with Crippen LogP contribution in [0.15, 0.2) is 36.4 Å². The van der Waals surface area contributed by atoms with Crippen molar-refractivity contribution < 1.29 is 13.5 Å². The van der Waals surface area contributed by atoms with E-state index in [4.69, 9.17) is 34.3 Å². The normalized spacial score (nSPS) is 10.3. The summed E-state index contributed by atoms with van der Waals surface area (Å²) in [6.07, 6.45) is 0. The maximum Gasteiger partial charge on any atom is 0.174 e. The summed E-state index contributed by atoms with van der Waals surface area (Å²) in [6.45, 7) is -0.0476. The topological polar surface area (TPSA) is 35.2 Å². The Morgan fingerprint density at radius 3 is 2.65 bits per heavy atom. The van der Waals surface area contributed by atoms with Crippen LogP contribution in [0.5, 0.6) is 5.75 Å². The number of nitrogens with two attached hydrogens (primary N) is 1. The molecule has 0 amide bonds. The molecular formula is C14H10ClF2NOS. The van der Waals surface area contributed by atoms with Crippen molar-refractivity contribution in [2.45, 2.75) is 6.61 Å². The molecule has 0 atom stereocenters. The molecule has 2 rings (SSSR count). The van der Waals surface area contributed by atoms with Gasteiger partial charge in [-0.3, -0.25) is 0 Å². The Kier molecular flexibility index (Phi) is 4.52. The molecule has 104 valence electrons. The minimum absolute atomic E-state index is 0.0476. The molecule has 0 saturated heterocycles. The molecule has 0 aromatic heterocycles. The molecular weight excluding hydrogens is 304 g/mol. The van der Waals surface area contributed by atoms with Gasteiger partial charge in [-0.25, -0.2) is 8.78 Å². The van der Waals surface area contributed by atoms with Gasteiger partial charge in [0.2, 0.25) is 0 Å². The first-order valence-corrected chi connectivity index (χ1v) is 6.42. The van der Waals surface area contributed by atoms with Gasteiger partial charge in [0, 0.05) is 5.56 Å². The first-order chi connectivity index (χ1) is 9.47. The first kappa shape index (κ1) is 14.7. The molecule has 2 aromatic carbocycles. The molecule has 2 nitrogen and oxygen atoms in total. The molecule has 0 bridgehead atoms. The van der Waals surface area contributed by atoms with Gasteiger partial charge in [0.05, 0.1) is 5.02 Å². The Morgan fingerprint density at radius 2 is 2.00 bits per heavy atom. The van der Waals surface area contributed by atoms with Gasteiger partial charge in [-0.05, 0) is 35.9 Å². The van der Waals surface area contributed by atoms with Crippen molar-refractivity contribution >= 4 is 28.8 Å². The lowest BCUT2D eigenvalue weighted by atomic mass is 10.1. The summed E-state index contributed by atoms with van der Waals surface area (Å²) in [4.78, 5) is 0.0784. The molecule has 6 heteroatoms. The Morgan fingerprint density at radius 1 is 1.25 bits per heavy atom. The van der Waals surface area contributed by atoms with Crippen molar-refractivity contribution in [3.63, 3.8) is 0 Å². The second-order valence-corrected chi connectivity index (χ2v) is 4.90. The van der Waals surface area contributed by atoms with Crippen molar-refractivity contribution in [2.24, 2.45) is 5.73 Å². The van der Waals surface area contributed by atoms with Crippen LogP contribution in [0.25, 0.3) is 0 Å². The Balaban J connectivity index is 2.21. The summed E-state index contributed by atoms with van der Waals surface area (Å²) in [5.41, 5.74) is 6.32. The van der Waals surface area contributed by atoms with Gasteiger partial charge in [-0.1, -0.05) is 29.9 Å². The summed E-state index contributed by atoms with van der Waals surface area (Å²) < 4.78 is 32.2. The van der Waals surface area contributed by atoms with Crippen LogP contribution < -0.4 is 10.5 Å². The second kappa shape index (κ2) is 6.15. The molecule has 0 spiro atoms. The summed E-state index contributed by atoms with van der Waals surface area (Å²) in [5.74, 6) is -1.15. The van der Waals surface area contributed by atoms with Gasteiger partial charge < -0.3 is 10.5 Å². The lowest BCUT2D eigenvalue weighted by molar-refractivity contribution is 0.290. The number of para-hydroxylation sites is 1. The van der Waals surface area contributed by atoms with Gasteiger partial charge in [-0.15, -0.1) is 0 Å². The third-order valence-corrected chi connectivity index (χ3v) is 3.08. The zero-order valence-electron chi connectivity index (χ0n) is 10.2. The van der Waals surface area contributed by atoms with Gasteiger partial charge >= 0.3 is 0 Å². The van der Waals surface area contributed by atoms with Gasteiger partial charge in [0.25, 0.3) is 0 Å². The number of benzene rings is 2. The van der Waals surface area contributed by atoms with E-state index in [-0.39, 0.29) is 22.4 Å². The average Bonchev–Trinajstić information content (AvgIpc) is 2.37. The third-order valence-electron chi connectivity index (χ3n) is 2.54. The Hall–Kier alpha value is -1.72. The van der Waals surface area contributed by atoms with E-state index in [0.717, 1.165) is 0 Å². The standard InChI is InChI=1S/C14H10ClF2NOS/c15-11-2-1-3-12(17)13(11)19-7-8-4-9(14(18)20)6-10(16)5-8/h1-6H,7H2,(H2,18,20). The zero-order chi connectivity index (χ0) is 14.7. The highest BCUT2D eigenvalue weighted by molar-refractivity contribution is 7.80. The van der Waals surface area contributed by atoms with E-state index in [1.54, 1.807) is 6.07 Å². The molecule has 0 radical (unpaired) electrons. The van der Waals surface area contributed by atoms with Crippen molar-refractivity contribution in [3.8, 4) is 5.75 Å². The average molecular weight is 314 g/mol. The molecule has 0 unspecified atom stereocenters. The zero-order valence-corrected chi connectivity index (χ0v) is 11.8. The van der Waals surface area contributed by atoms with Crippen LogP contribution in [0, 0.1) is 11.6 Å². The van der Waals surface area contributed by atoms with Crippen LogP contribution in [0.2, 0.25) is 5.02 Å². The van der Waals surface area contributed by atoms with Crippen LogP contribution in [0.1, 0.15) is 11.1 Å². The van der Waals surface area contributed by atoms with Gasteiger partial charge in [0.15, 0.2) is 11.6 Å². The molecule has 0 aliphatic carbocycles. The SMILES string of the molecule is NC(=S)c1cc(F)cc(COc2c(F)cccc2Cl)c1. The first-order valence-electron chi connectivity index (χ1n) is 5.63. The van der Waals surface area contributed by atoms with Crippen molar-refractivity contribution in [1.29, 1.82) is 0 Å². The molecule has 0 aliphatic rings. The minimum atomic E-state index is -0.580. The van der Waals surface area contributed by atoms with Gasteiger partial charge in [-0.2, -0.15) is 0 Å². The highest BCUT2D eigenvalue weighted by Gasteiger charge is 2.09. The Labute approximate surface area is 125 Å². The predicted molar refractivity (Wildman–Crippen MR) is 78.0 cm³/mol. The number of hydrogen-bond donors (Lipinski definition) is 1. The molecule has 0 saturated carbocycles. The van der Waals surface area contributed by atoms with E-state index in [1.165, 1.54) is 30.3 Å². The fraction of sp³-hybridized carbons (Fsp3) is 0.0714. The lowest BCUT2D eigenvalue weighted by Crippen LogP contribution is -2.10. The molecule has 2 aromatic rings. The second-order valence-electron chi connectivity index (χ2n) is 4.05. The third kappa shape index (κ3) is 3.43. The van der Waals surface area contributed by atoms with E-state index in [0.29, 0.717) is 11.1 Å². The predicted octanol–water partition coefficient (Wildman–Crippen LogP) is 3.83. The number of thiocarbonyl (C=S) groups is 1. The van der Waals surface area contributed by atoms with E-state index in [2.05, 4.69) is 0 Å². The highest BCUT2D eigenvalue weighted by atomic mass is 35.5. The fourth-order valence-electron chi connectivity index (χ4n) is 1.65. The van der Waals surface area contributed by atoms with E-state index >= 15 is 0 Å². The number of halogens is 3. The maximum atomic E-state index is 13.5. The van der Waals surface area contributed by atoms with Crippen LogP contribution >= 0.6 is 23.8 Å². The van der Waals surface area contributed by atoms with E-state index in [9.17, 15) is 8.78 Å². The molecule has 0 heterocycles. The quantitative estimate of drug-likeness (QED) is 0.871. The number of ether oxygens (including phenoxy) is 1. The minimum Gasteiger partial charge on any atom is -0.484 e. The highest BCUT2D eigenvalue weighted by Crippen LogP contribution is 2.28. The summed E-state index contributed by atoms with van der Waals surface area (Å²) >= 11 is 10.6. The van der Waals surface area contributed by atoms with Gasteiger partial charge in [0.1, 0.15) is 17.4 Å². The van der Waals surface area contributed by atoms with E-state index in [1.807, 2.05) is 0 Å². The van der Waals surface area contributed by atoms with Crippen LogP contribution in [-0.2, 0) is 6.61 Å². The largest absolute Gasteiger partial charge is 0.484 e. The number of hydrogen-bond acceptors (Lipinski definition) is 2. The summed E-state index contributed by atoms with van der Waals surface area (Å²) in [7, 11) is 0. The summed E-state index contributed by atoms with van der Waals surface area (Å²) in [5, 5.41) is 0.149. The molecule has 0 fully saturated rings. The van der Waals surface area contributed by atoms with Crippen molar-refractivity contribution in [3.05, 3.63) is 64.2 Å². The molecule has 2 N–H and O–H groups in total. The fourth-order valence-corrected chi connectivity index (χ4v) is 1.99. The number of rotatable bonds is 4. The van der Waals surface area contributed by atoms with Crippen molar-refractivity contribution in [2.75, 3.05) is 0 Å². The maximum absolute atomic E-state index is 13.5. The molecule has 20 heavy (non-hydrogen) atoms. The Bertz CT molecular complexity index is 643. The lowest BCUT2D eigenvalue weighted by Gasteiger charge is -2.10. The van der Waals surface area contributed by atoms with Crippen molar-refractivity contribution in [1.82, 2.24) is 0 Å². The molecule has 0 aliphatic heterocycles. The monoisotopic (exact) mass is 313 g/mol. The van der Waals surface area contributed by atoms with Crippen LogP contribution in [-0.4, -0.2) is 4.99 Å². The smallest absolute Gasteiger partial charge is 0.174 e. The summed E-state index contributed by atoms with van der Waals surface area (Å²) in [6, 6.07) is 8.27. The van der Waals surface area contributed by atoms with Crippen LogP contribution in [0.3, 0.4) is 0 Å². The van der Waals surface area contributed by atoms with E-state index < -0.39 is 11.6 Å². The van der Waals surface area contributed by atoms with Crippen LogP contribution in [0.4, 0.5) is 8.78 Å².